The molecule has 2 aromatic rings. The topological polar surface area (TPSA) is 58.6 Å². The van der Waals surface area contributed by atoms with Gasteiger partial charge in [-0.1, -0.05) is 35.9 Å². The number of aryl methyl sites for hydroxylation is 1. The Balaban J connectivity index is 1.52. The van der Waals surface area contributed by atoms with Gasteiger partial charge in [0.15, 0.2) is 0 Å². The molecule has 29 heavy (non-hydrogen) atoms. The standard InChI is InChI=1S/C23H25ClN2O3/c1-16-7-8-17(15-19(16)24)9-10-22(27)26-13-11-18(12-14-26)23(28)25-20-5-3-4-6-21(20)29-2/h3-10,15,18H,11-14H2,1-2H3,(H,25,28)/b10-9+. The normalized spacial score (nSPS) is 14.8. The van der Waals surface area contributed by atoms with Crippen LogP contribution in [0, 0.1) is 12.8 Å². The van der Waals surface area contributed by atoms with Gasteiger partial charge in [0, 0.05) is 30.1 Å². The molecule has 1 heterocycles. The maximum atomic E-state index is 12.6. The van der Waals surface area contributed by atoms with E-state index in [-0.39, 0.29) is 17.7 Å². The predicted molar refractivity (Wildman–Crippen MR) is 116 cm³/mol. The van der Waals surface area contributed by atoms with E-state index in [9.17, 15) is 9.59 Å². The highest BCUT2D eigenvalue weighted by atomic mass is 35.5. The third-order valence-corrected chi connectivity index (χ3v) is 5.56. The van der Waals surface area contributed by atoms with Gasteiger partial charge >= 0.3 is 0 Å². The van der Waals surface area contributed by atoms with E-state index in [4.69, 9.17) is 16.3 Å². The second-order valence-electron chi connectivity index (χ2n) is 7.13. The van der Waals surface area contributed by atoms with Crippen molar-refractivity contribution in [1.29, 1.82) is 0 Å². The highest BCUT2D eigenvalue weighted by Gasteiger charge is 2.27. The van der Waals surface area contributed by atoms with Crippen LogP contribution < -0.4 is 10.1 Å². The number of nitrogens with zero attached hydrogens (tertiary/aromatic N) is 1. The van der Waals surface area contributed by atoms with Crippen molar-refractivity contribution in [3.05, 3.63) is 64.7 Å². The number of para-hydroxylation sites is 2. The molecule has 3 rings (SSSR count). The molecule has 0 bridgehead atoms. The van der Waals surface area contributed by atoms with Gasteiger partial charge in [-0.2, -0.15) is 0 Å². The largest absolute Gasteiger partial charge is 0.495 e. The highest BCUT2D eigenvalue weighted by molar-refractivity contribution is 6.31. The van der Waals surface area contributed by atoms with Crippen molar-refractivity contribution in [3.63, 3.8) is 0 Å². The molecule has 1 aliphatic rings. The third kappa shape index (κ3) is 5.39. The van der Waals surface area contributed by atoms with Gasteiger partial charge in [0.1, 0.15) is 5.75 Å². The summed E-state index contributed by atoms with van der Waals surface area (Å²) in [7, 11) is 1.58. The van der Waals surface area contributed by atoms with Crippen LogP contribution in [0.4, 0.5) is 5.69 Å². The molecule has 0 aliphatic carbocycles. The summed E-state index contributed by atoms with van der Waals surface area (Å²) in [5, 5.41) is 3.62. The van der Waals surface area contributed by atoms with Crippen molar-refractivity contribution >= 4 is 35.2 Å². The van der Waals surface area contributed by atoms with E-state index in [1.54, 1.807) is 24.2 Å². The monoisotopic (exact) mass is 412 g/mol. The molecular weight excluding hydrogens is 388 g/mol. The second-order valence-corrected chi connectivity index (χ2v) is 7.54. The van der Waals surface area contributed by atoms with E-state index < -0.39 is 0 Å². The van der Waals surface area contributed by atoms with Crippen molar-refractivity contribution in [2.75, 3.05) is 25.5 Å². The Kier molecular flexibility index (Phi) is 6.94. The fourth-order valence-electron chi connectivity index (χ4n) is 3.33. The number of carbonyl (C=O) groups excluding carboxylic acids is 2. The van der Waals surface area contributed by atoms with Crippen molar-refractivity contribution in [2.45, 2.75) is 19.8 Å². The van der Waals surface area contributed by atoms with E-state index in [1.165, 1.54) is 0 Å². The Morgan fingerprint density at radius 2 is 1.90 bits per heavy atom. The molecule has 6 heteroatoms. The number of hydrogen-bond acceptors (Lipinski definition) is 3. The van der Waals surface area contributed by atoms with Gasteiger partial charge in [-0.3, -0.25) is 9.59 Å². The van der Waals surface area contributed by atoms with Gasteiger partial charge in [-0.15, -0.1) is 0 Å². The number of benzene rings is 2. The van der Waals surface area contributed by atoms with Gasteiger partial charge in [0.2, 0.25) is 11.8 Å². The number of hydrogen-bond donors (Lipinski definition) is 1. The van der Waals surface area contributed by atoms with Gasteiger partial charge in [-0.25, -0.2) is 0 Å². The van der Waals surface area contributed by atoms with Crippen LogP contribution in [0.2, 0.25) is 5.02 Å². The third-order valence-electron chi connectivity index (χ3n) is 5.16. The number of ether oxygens (including phenoxy) is 1. The summed E-state index contributed by atoms with van der Waals surface area (Å²) < 4.78 is 5.28. The first-order valence-electron chi connectivity index (χ1n) is 9.65. The van der Waals surface area contributed by atoms with Crippen molar-refractivity contribution in [3.8, 4) is 5.75 Å². The van der Waals surface area contributed by atoms with Crippen LogP contribution in [0.3, 0.4) is 0 Å². The quantitative estimate of drug-likeness (QED) is 0.733. The summed E-state index contributed by atoms with van der Waals surface area (Å²) >= 11 is 6.13. The molecule has 0 spiro atoms. The van der Waals surface area contributed by atoms with Crippen LogP contribution in [0.5, 0.6) is 5.75 Å². The zero-order valence-electron chi connectivity index (χ0n) is 16.7. The Bertz CT molecular complexity index is 918. The molecule has 1 N–H and O–H groups in total. The summed E-state index contributed by atoms with van der Waals surface area (Å²) in [6.45, 7) is 3.05. The van der Waals surface area contributed by atoms with E-state index in [1.807, 2.05) is 49.4 Å². The highest BCUT2D eigenvalue weighted by Crippen LogP contribution is 2.26. The lowest BCUT2D eigenvalue weighted by Gasteiger charge is -2.30. The Morgan fingerprint density at radius 3 is 2.59 bits per heavy atom. The molecule has 1 fully saturated rings. The van der Waals surface area contributed by atoms with Crippen molar-refractivity contribution in [1.82, 2.24) is 4.90 Å². The molecule has 152 valence electrons. The summed E-state index contributed by atoms with van der Waals surface area (Å²) in [5.74, 6) is 0.426. The van der Waals surface area contributed by atoms with Gasteiger partial charge in [0.25, 0.3) is 0 Å². The number of carbonyl (C=O) groups is 2. The average molecular weight is 413 g/mol. The van der Waals surface area contributed by atoms with Crippen LogP contribution in [-0.4, -0.2) is 36.9 Å². The zero-order valence-corrected chi connectivity index (χ0v) is 17.4. The lowest BCUT2D eigenvalue weighted by molar-refractivity contribution is -0.130. The number of nitrogens with one attached hydrogen (secondary N) is 1. The average Bonchev–Trinajstić information content (AvgIpc) is 2.74. The number of rotatable bonds is 5. The number of amides is 2. The molecule has 1 saturated heterocycles. The van der Waals surface area contributed by atoms with Gasteiger partial charge in [0.05, 0.1) is 12.8 Å². The van der Waals surface area contributed by atoms with E-state index in [0.717, 1.165) is 11.1 Å². The summed E-state index contributed by atoms with van der Waals surface area (Å²) in [5.41, 5.74) is 2.56. The number of halogens is 1. The minimum absolute atomic E-state index is 0.0357. The Morgan fingerprint density at radius 1 is 1.17 bits per heavy atom. The lowest BCUT2D eigenvalue weighted by atomic mass is 9.95. The van der Waals surface area contributed by atoms with Gasteiger partial charge in [-0.05, 0) is 55.2 Å². The molecular formula is C23H25ClN2O3. The molecule has 2 amide bonds. The van der Waals surface area contributed by atoms with Gasteiger partial charge < -0.3 is 15.0 Å². The predicted octanol–water partition coefficient (Wildman–Crippen LogP) is 4.55. The SMILES string of the molecule is COc1ccccc1NC(=O)C1CCN(C(=O)/C=C/c2ccc(C)c(Cl)c2)CC1. The molecule has 2 aromatic carbocycles. The number of methoxy groups -OCH3 is 1. The first-order chi connectivity index (χ1) is 14.0. The van der Waals surface area contributed by atoms with E-state index >= 15 is 0 Å². The van der Waals surface area contributed by atoms with E-state index in [2.05, 4.69) is 5.32 Å². The van der Waals surface area contributed by atoms with Crippen molar-refractivity contribution < 1.29 is 14.3 Å². The molecule has 0 saturated carbocycles. The smallest absolute Gasteiger partial charge is 0.246 e. The summed E-state index contributed by atoms with van der Waals surface area (Å²) in [4.78, 5) is 26.8. The fraction of sp³-hybridized carbons (Fsp3) is 0.304. The van der Waals surface area contributed by atoms with Crippen LogP contribution in [0.1, 0.15) is 24.0 Å². The molecule has 0 atom stereocenters. The molecule has 5 nitrogen and oxygen atoms in total. The summed E-state index contributed by atoms with van der Waals surface area (Å²) in [6.07, 6.45) is 4.61. The molecule has 1 aliphatic heterocycles. The lowest BCUT2D eigenvalue weighted by Crippen LogP contribution is -2.40. The Hall–Kier alpha value is -2.79. The molecule has 0 aromatic heterocycles. The minimum Gasteiger partial charge on any atom is -0.495 e. The number of anilines is 1. The van der Waals surface area contributed by atoms with E-state index in [0.29, 0.717) is 42.4 Å². The number of piperidine rings is 1. The maximum Gasteiger partial charge on any atom is 0.246 e. The maximum absolute atomic E-state index is 12.6. The van der Waals surface area contributed by atoms with Crippen molar-refractivity contribution in [2.24, 2.45) is 5.92 Å². The first kappa shape index (κ1) is 20.9. The molecule has 0 unspecified atom stereocenters. The van der Waals surface area contributed by atoms with Crippen LogP contribution in [0.15, 0.2) is 48.5 Å². The van der Waals surface area contributed by atoms with Crippen LogP contribution >= 0.6 is 11.6 Å². The zero-order chi connectivity index (χ0) is 20.8. The fourth-order valence-corrected chi connectivity index (χ4v) is 3.52. The number of likely N-dealkylation sites (tertiary alicyclic amines) is 1. The van der Waals surface area contributed by atoms with Crippen LogP contribution in [0.25, 0.3) is 6.08 Å². The Labute approximate surface area is 176 Å². The molecule has 0 radical (unpaired) electrons. The minimum atomic E-state index is -0.121. The second kappa shape index (κ2) is 9.61. The first-order valence-corrected chi connectivity index (χ1v) is 10.0. The van der Waals surface area contributed by atoms with Crippen LogP contribution in [-0.2, 0) is 9.59 Å². The summed E-state index contributed by atoms with van der Waals surface area (Å²) in [6, 6.07) is 13.0.